The molecule has 72 valence electrons. The lowest BCUT2D eigenvalue weighted by molar-refractivity contribution is -0.117. The molecule has 0 aromatic carbocycles. The Morgan fingerprint density at radius 2 is 2.38 bits per heavy atom. The standard InChI is InChI=1S/C8H10ClNO2S/c1-5(3-6(2)11)10-8(12)4-7(9)13-10/h4-5H,3H2,1-2H3. The Balaban J connectivity index is 2.88. The lowest BCUT2D eigenvalue weighted by Gasteiger charge is -2.08. The van der Waals surface area contributed by atoms with Crippen molar-refractivity contribution < 1.29 is 4.79 Å². The zero-order valence-corrected chi connectivity index (χ0v) is 8.98. The molecule has 0 bridgehead atoms. The lowest BCUT2D eigenvalue weighted by atomic mass is 10.2. The predicted octanol–water partition coefficient (Wildman–Crippen LogP) is 2.10. The average molecular weight is 220 g/mol. The zero-order valence-electron chi connectivity index (χ0n) is 7.41. The van der Waals surface area contributed by atoms with Gasteiger partial charge < -0.3 is 0 Å². The minimum absolute atomic E-state index is 0.0731. The highest BCUT2D eigenvalue weighted by atomic mass is 35.5. The minimum Gasteiger partial charge on any atom is -0.300 e. The van der Waals surface area contributed by atoms with Crippen molar-refractivity contribution in [2.24, 2.45) is 0 Å². The topological polar surface area (TPSA) is 39.1 Å². The van der Waals surface area contributed by atoms with Gasteiger partial charge in [-0.1, -0.05) is 11.6 Å². The van der Waals surface area contributed by atoms with E-state index < -0.39 is 0 Å². The highest BCUT2D eigenvalue weighted by Crippen LogP contribution is 2.18. The molecule has 0 aliphatic carbocycles. The van der Waals surface area contributed by atoms with Crippen LogP contribution in [0.3, 0.4) is 0 Å². The van der Waals surface area contributed by atoms with Crippen molar-refractivity contribution in [2.45, 2.75) is 26.3 Å². The quantitative estimate of drug-likeness (QED) is 0.781. The van der Waals surface area contributed by atoms with Crippen molar-refractivity contribution in [2.75, 3.05) is 0 Å². The molecule has 1 heterocycles. The predicted molar refractivity (Wildman–Crippen MR) is 53.6 cm³/mol. The number of ketones is 1. The Morgan fingerprint density at radius 3 is 2.77 bits per heavy atom. The molecule has 1 rings (SSSR count). The Bertz CT molecular complexity index is 368. The molecule has 0 aliphatic rings. The van der Waals surface area contributed by atoms with E-state index >= 15 is 0 Å². The molecule has 1 atom stereocenters. The van der Waals surface area contributed by atoms with Crippen LogP contribution in [0.15, 0.2) is 10.9 Å². The minimum atomic E-state index is -0.135. The molecule has 0 fully saturated rings. The molecule has 1 unspecified atom stereocenters. The molecule has 3 nitrogen and oxygen atoms in total. The first-order valence-corrected chi connectivity index (χ1v) is 5.03. The molecule has 0 radical (unpaired) electrons. The summed E-state index contributed by atoms with van der Waals surface area (Å²) in [7, 11) is 0. The highest BCUT2D eigenvalue weighted by Gasteiger charge is 2.11. The van der Waals surface area contributed by atoms with Gasteiger partial charge >= 0.3 is 0 Å². The molecule has 0 amide bonds. The maximum absolute atomic E-state index is 11.2. The van der Waals surface area contributed by atoms with Crippen LogP contribution in [0.25, 0.3) is 0 Å². The Labute approximate surface area is 85.1 Å². The number of hydrogen-bond acceptors (Lipinski definition) is 3. The van der Waals surface area contributed by atoms with E-state index in [0.717, 1.165) is 0 Å². The summed E-state index contributed by atoms with van der Waals surface area (Å²) in [5.41, 5.74) is -0.135. The van der Waals surface area contributed by atoms with Gasteiger partial charge in [-0.05, 0) is 25.4 Å². The summed E-state index contributed by atoms with van der Waals surface area (Å²) in [6, 6.07) is 1.27. The first kappa shape index (κ1) is 10.5. The molecular weight excluding hydrogens is 210 g/mol. The summed E-state index contributed by atoms with van der Waals surface area (Å²) in [5, 5.41) is 0. The Morgan fingerprint density at radius 1 is 1.77 bits per heavy atom. The molecule has 1 aromatic rings. The van der Waals surface area contributed by atoms with Gasteiger partial charge in [-0.2, -0.15) is 0 Å². The van der Waals surface area contributed by atoms with E-state index in [-0.39, 0.29) is 17.4 Å². The summed E-state index contributed by atoms with van der Waals surface area (Å²) in [6.07, 6.45) is 0.372. The van der Waals surface area contributed by atoms with E-state index in [1.165, 1.54) is 28.5 Å². The van der Waals surface area contributed by atoms with Crippen LogP contribution in [0, 0.1) is 0 Å². The van der Waals surface area contributed by atoms with Crippen molar-refractivity contribution in [1.29, 1.82) is 0 Å². The van der Waals surface area contributed by atoms with E-state index in [2.05, 4.69) is 0 Å². The highest BCUT2D eigenvalue weighted by molar-refractivity contribution is 7.11. The van der Waals surface area contributed by atoms with Crippen LogP contribution in [-0.4, -0.2) is 9.74 Å². The van der Waals surface area contributed by atoms with Crippen LogP contribution in [-0.2, 0) is 4.79 Å². The van der Waals surface area contributed by atoms with Crippen LogP contribution in [0.4, 0.5) is 0 Å². The van der Waals surface area contributed by atoms with Gasteiger partial charge in [0.2, 0.25) is 0 Å². The largest absolute Gasteiger partial charge is 0.300 e. The monoisotopic (exact) mass is 219 g/mol. The molecule has 0 aliphatic heterocycles. The fraction of sp³-hybridized carbons (Fsp3) is 0.500. The van der Waals surface area contributed by atoms with E-state index in [4.69, 9.17) is 11.6 Å². The number of aromatic nitrogens is 1. The number of rotatable bonds is 3. The first-order chi connectivity index (χ1) is 6.00. The fourth-order valence-electron chi connectivity index (χ4n) is 1.13. The second-order valence-electron chi connectivity index (χ2n) is 2.96. The summed E-state index contributed by atoms with van der Waals surface area (Å²) in [5.74, 6) is 0.0731. The van der Waals surface area contributed by atoms with Gasteiger partial charge in [0.15, 0.2) is 0 Å². The number of hydrogen-bond donors (Lipinski definition) is 0. The Hall–Kier alpha value is -0.610. The van der Waals surface area contributed by atoms with Gasteiger partial charge in [0, 0.05) is 12.5 Å². The summed E-state index contributed by atoms with van der Waals surface area (Å²) in [6.45, 7) is 3.34. The fourth-order valence-corrected chi connectivity index (χ4v) is 2.19. The summed E-state index contributed by atoms with van der Waals surface area (Å²) < 4.78 is 1.98. The normalized spacial score (nSPS) is 12.8. The molecular formula is C8H10ClNO2S. The van der Waals surface area contributed by atoms with Crippen LogP contribution >= 0.6 is 23.1 Å². The zero-order chi connectivity index (χ0) is 10.0. The third-order valence-electron chi connectivity index (χ3n) is 1.62. The molecule has 0 spiro atoms. The van der Waals surface area contributed by atoms with Gasteiger partial charge in [0.1, 0.15) is 10.1 Å². The van der Waals surface area contributed by atoms with Gasteiger partial charge in [-0.15, -0.1) is 0 Å². The third-order valence-corrected chi connectivity index (χ3v) is 2.97. The van der Waals surface area contributed by atoms with Crippen LogP contribution in [0.1, 0.15) is 26.3 Å². The second-order valence-corrected chi connectivity index (χ2v) is 4.61. The Kier molecular flexibility index (Phi) is 3.27. The number of carbonyl (C=O) groups is 1. The molecule has 0 N–H and O–H groups in total. The van der Waals surface area contributed by atoms with Crippen LogP contribution < -0.4 is 5.56 Å². The van der Waals surface area contributed by atoms with Gasteiger partial charge in [-0.25, -0.2) is 0 Å². The summed E-state index contributed by atoms with van der Waals surface area (Å²) >= 11 is 6.84. The van der Waals surface area contributed by atoms with E-state index in [1.807, 2.05) is 6.92 Å². The SMILES string of the molecule is CC(=O)CC(C)n1sc(Cl)cc1=O. The molecule has 1 aromatic heterocycles. The maximum atomic E-state index is 11.2. The molecule has 13 heavy (non-hydrogen) atoms. The lowest BCUT2D eigenvalue weighted by Crippen LogP contribution is -2.17. The number of halogens is 1. The third kappa shape index (κ3) is 2.67. The maximum Gasteiger partial charge on any atom is 0.262 e. The summed E-state index contributed by atoms with van der Waals surface area (Å²) in [4.78, 5) is 22.0. The number of Topliss-reactive ketones (excluding diaryl/α,β-unsaturated/α-hetero) is 1. The molecule has 5 heteroatoms. The first-order valence-electron chi connectivity index (χ1n) is 3.88. The second kappa shape index (κ2) is 4.07. The average Bonchev–Trinajstić information content (AvgIpc) is 2.28. The van der Waals surface area contributed by atoms with Gasteiger partial charge in [0.05, 0.1) is 6.04 Å². The smallest absolute Gasteiger partial charge is 0.262 e. The van der Waals surface area contributed by atoms with Crippen molar-refractivity contribution in [3.63, 3.8) is 0 Å². The van der Waals surface area contributed by atoms with Crippen molar-refractivity contribution in [1.82, 2.24) is 3.96 Å². The van der Waals surface area contributed by atoms with Gasteiger partial charge in [0.25, 0.3) is 5.56 Å². The molecule has 0 saturated carbocycles. The number of carbonyl (C=O) groups excluding carboxylic acids is 1. The van der Waals surface area contributed by atoms with Crippen LogP contribution in [0.5, 0.6) is 0 Å². The van der Waals surface area contributed by atoms with Gasteiger partial charge in [-0.3, -0.25) is 13.5 Å². The van der Waals surface area contributed by atoms with E-state index in [0.29, 0.717) is 10.8 Å². The van der Waals surface area contributed by atoms with Crippen LogP contribution in [0.2, 0.25) is 4.34 Å². The number of nitrogens with zero attached hydrogens (tertiary/aromatic N) is 1. The van der Waals surface area contributed by atoms with E-state index in [9.17, 15) is 9.59 Å². The van der Waals surface area contributed by atoms with Crippen molar-refractivity contribution >= 4 is 28.9 Å². The van der Waals surface area contributed by atoms with Crippen molar-refractivity contribution in [3.8, 4) is 0 Å². The molecule has 0 saturated heterocycles. The van der Waals surface area contributed by atoms with E-state index in [1.54, 1.807) is 0 Å². The van der Waals surface area contributed by atoms with Crippen molar-refractivity contribution in [3.05, 3.63) is 20.8 Å².